The Bertz CT molecular complexity index is 849. The Labute approximate surface area is 158 Å². The van der Waals surface area contributed by atoms with Crippen molar-refractivity contribution in [2.45, 2.75) is 57.6 Å². The molecule has 5 heteroatoms. The summed E-state index contributed by atoms with van der Waals surface area (Å²) in [4.78, 5) is 16.6. The number of fused-ring (bicyclic) bond motifs is 3. The Kier molecular flexibility index (Phi) is 4.02. The van der Waals surface area contributed by atoms with E-state index in [1.54, 1.807) is 0 Å². The number of ether oxygens (including phenoxy) is 1. The summed E-state index contributed by atoms with van der Waals surface area (Å²) in [6.45, 7) is 0.806. The summed E-state index contributed by atoms with van der Waals surface area (Å²) in [6.07, 6.45) is 8.57. The molecule has 2 N–H and O–H groups in total. The number of esters is 1. The molecule has 0 radical (unpaired) electrons. The second-order valence-electron chi connectivity index (χ2n) is 8.19. The van der Waals surface area contributed by atoms with Gasteiger partial charge in [0.05, 0.1) is 11.1 Å². The van der Waals surface area contributed by atoms with E-state index in [0.29, 0.717) is 5.92 Å². The summed E-state index contributed by atoms with van der Waals surface area (Å²) >= 11 is 6.18. The van der Waals surface area contributed by atoms with Gasteiger partial charge in [-0.1, -0.05) is 30.9 Å². The Balaban J connectivity index is 1.43. The maximum absolute atomic E-state index is 13.2. The van der Waals surface area contributed by atoms with Gasteiger partial charge in [-0.2, -0.15) is 0 Å². The standard InChI is InChI=1S/C21H25ClN2O2/c22-14-6-7-17-16(12-14)15-8-11-23-19(18(15)24-17)26-20(25)21(9-3-10-21)13-4-1-2-5-13/h6-7,12-13,19,23-24H,1-5,8-11H2. The molecule has 138 valence electrons. The number of H-pyrrole nitrogens is 1. The van der Waals surface area contributed by atoms with Gasteiger partial charge in [0.1, 0.15) is 0 Å². The first-order chi connectivity index (χ1) is 12.7. The summed E-state index contributed by atoms with van der Waals surface area (Å²) in [5, 5.41) is 5.27. The molecule has 26 heavy (non-hydrogen) atoms. The average molecular weight is 373 g/mol. The van der Waals surface area contributed by atoms with Gasteiger partial charge in [0.15, 0.2) is 6.23 Å². The number of hydrogen-bond donors (Lipinski definition) is 2. The number of nitrogens with one attached hydrogen (secondary N) is 2. The van der Waals surface area contributed by atoms with Crippen LogP contribution in [-0.2, 0) is 16.0 Å². The van der Waals surface area contributed by atoms with Crippen LogP contribution in [0.3, 0.4) is 0 Å². The van der Waals surface area contributed by atoms with E-state index in [1.807, 2.05) is 18.2 Å². The van der Waals surface area contributed by atoms with E-state index in [9.17, 15) is 4.79 Å². The van der Waals surface area contributed by atoms with Gasteiger partial charge in [-0.25, -0.2) is 0 Å². The molecular formula is C21H25ClN2O2. The van der Waals surface area contributed by atoms with Crippen LogP contribution in [0, 0.1) is 11.3 Å². The van der Waals surface area contributed by atoms with Crippen LogP contribution < -0.4 is 5.32 Å². The first-order valence-electron chi connectivity index (χ1n) is 9.92. The van der Waals surface area contributed by atoms with E-state index in [1.165, 1.54) is 31.2 Å². The minimum atomic E-state index is -0.378. The molecule has 2 fully saturated rings. The number of carbonyl (C=O) groups excluding carboxylic acids is 1. The van der Waals surface area contributed by atoms with E-state index in [4.69, 9.17) is 16.3 Å². The second kappa shape index (κ2) is 6.28. The predicted octanol–water partition coefficient (Wildman–Crippen LogP) is 4.87. The molecule has 1 atom stereocenters. The summed E-state index contributed by atoms with van der Waals surface area (Å²) in [7, 11) is 0. The summed E-state index contributed by atoms with van der Waals surface area (Å²) in [6, 6.07) is 5.90. The number of hydrogen-bond acceptors (Lipinski definition) is 3. The van der Waals surface area contributed by atoms with Crippen LogP contribution in [0.1, 0.15) is 62.4 Å². The monoisotopic (exact) mass is 372 g/mol. The van der Waals surface area contributed by atoms with Crippen molar-refractivity contribution in [2.75, 3.05) is 6.54 Å². The predicted molar refractivity (Wildman–Crippen MR) is 102 cm³/mol. The van der Waals surface area contributed by atoms with Crippen molar-refractivity contribution in [2.24, 2.45) is 11.3 Å². The second-order valence-corrected chi connectivity index (χ2v) is 8.62. The molecular weight excluding hydrogens is 348 g/mol. The molecule has 4 nitrogen and oxygen atoms in total. The van der Waals surface area contributed by atoms with Crippen molar-refractivity contribution in [3.8, 4) is 0 Å². The quantitative estimate of drug-likeness (QED) is 0.756. The zero-order valence-electron chi connectivity index (χ0n) is 14.9. The number of aromatic amines is 1. The van der Waals surface area contributed by atoms with Gasteiger partial charge in [0.25, 0.3) is 0 Å². The third kappa shape index (κ3) is 2.49. The molecule has 5 rings (SSSR count). The highest BCUT2D eigenvalue weighted by molar-refractivity contribution is 6.31. The minimum absolute atomic E-state index is 0.0117. The molecule has 1 aromatic heterocycles. The van der Waals surface area contributed by atoms with Crippen LogP contribution in [0.2, 0.25) is 5.02 Å². The topological polar surface area (TPSA) is 54.1 Å². The van der Waals surface area contributed by atoms with Crippen LogP contribution in [0.4, 0.5) is 0 Å². The zero-order chi connectivity index (χ0) is 17.7. The first kappa shape index (κ1) is 16.6. The molecule has 2 aliphatic carbocycles. The van der Waals surface area contributed by atoms with Crippen LogP contribution >= 0.6 is 11.6 Å². The lowest BCUT2D eigenvalue weighted by Crippen LogP contribution is -2.47. The lowest BCUT2D eigenvalue weighted by molar-refractivity contribution is -0.175. The molecule has 3 aliphatic rings. The Morgan fingerprint density at radius 1 is 1.19 bits per heavy atom. The maximum Gasteiger partial charge on any atom is 0.314 e. The summed E-state index contributed by atoms with van der Waals surface area (Å²) < 4.78 is 6.08. The summed E-state index contributed by atoms with van der Waals surface area (Å²) in [5.41, 5.74) is 3.05. The van der Waals surface area contributed by atoms with Gasteiger partial charge in [0.2, 0.25) is 0 Å². The number of aromatic nitrogens is 1. The minimum Gasteiger partial charge on any atom is -0.440 e. The highest BCUT2D eigenvalue weighted by atomic mass is 35.5. The van der Waals surface area contributed by atoms with Crippen molar-refractivity contribution in [1.29, 1.82) is 0 Å². The molecule has 2 saturated carbocycles. The molecule has 0 saturated heterocycles. The van der Waals surface area contributed by atoms with Gasteiger partial charge < -0.3 is 9.72 Å². The van der Waals surface area contributed by atoms with Crippen LogP contribution in [0.15, 0.2) is 18.2 Å². The molecule has 0 amide bonds. The zero-order valence-corrected chi connectivity index (χ0v) is 15.7. The van der Waals surface area contributed by atoms with Gasteiger partial charge in [0, 0.05) is 22.5 Å². The molecule has 2 aromatic rings. The molecule has 2 heterocycles. The van der Waals surface area contributed by atoms with E-state index < -0.39 is 0 Å². The van der Waals surface area contributed by atoms with Gasteiger partial charge >= 0.3 is 5.97 Å². The van der Waals surface area contributed by atoms with E-state index in [-0.39, 0.29) is 17.6 Å². The van der Waals surface area contributed by atoms with E-state index in [2.05, 4.69) is 10.3 Å². The fraction of sp³-hybridized carbons (Fsp3) is 0.571. The van der Waals surface area contributed by atoms with Crippen LogP contribution in [0.5, 0.6) is 0 Å². The van der Waals surface area contributed by atoms with Crippen molar-refractivity contribution >= 4 is 28.5 Å². The van der Waals surface area contributed by atoms with Gasteiger partial charge in [-0.15, -0.1) is 0 Å². The lowest BCUT2D eigenvalue weighted by Gasteiger charge is -2.45. The fourth-order valence-corrected chi connectivity index (χ4v) is 5.48. The molecule has 1 aromatic carbocycles. The van der Waals surface area contributed by atoms with Crippen molar-refractivity contribution < 1.29 is 9.53 Å². The van der Waals surface area contributed by atoms with Crippen LogP contribution in [0.25, 0.3) is 10.9 Å². The number of benzene rings is 1. The van der Waals surface area contributed by atoms with Crippen molar-refractivity contribution in [3.63, 3.8) is 0 Å². The normalized spacial score (nSPS) is 25.0. The third-order valence-electron chi connectivity index (χ3n) is 6.88. The smallest absolute Gasteiger partial charge is 0.314 e. The fourth-order valence-electron chi connectivity index (χ4n) is 5.30. The largest absolute Gasteiger partial charge is 0.440 e. The average Bonchev–Trinajstić information content (AvgIpc) is 3.23. The van der Waals surface area contributed by atoms with Gasteiger partial charge in [-0.05, 0) is 61.8 Å². The first-order valence-corrected chi connectivity index (χ1v) is 10.3. The summed E-state index contributed by atoms with van der Waals surface area (Å²) in [5.74, 6) is 0.533. The van der Waals surface area contributed by atoms with Crippen LogP contribution in [-0.4, -0.2) is 17.5 Å². The van der Waals surface area contributed by atoms with E-state index >= 15 is 0 Å². The highest BCUT2D eigenvalue weighted by Crippen LogP contribution is 2.54. The lowest BCUT2D eigenvalue weighted by atomic mass is 9.60. The molecule has 0 spiro atoms. The number of rotatable bonds is 3. The SMILES string of the molecule is O=C(OC1NCCc2c1[nH]c1ccc(Cl)cc21)C1(C2CCCC2)CCC1. The van der Waals surface area contributed by atoms with Crippen molar-refractivity contribution in [1.82, 2.24) is 10.3 Å². The molecule has 1 unspecified atom stereocenters. The maximum atomic E-state index is 13.2. The highest BCUT2D eigenvalue weighted by Gasteiger charge is 2.52. The Hall–Kier alpha value is -1.52. The van der Waals surface area contributed by atoms with E-state index in [0.717, 1.165) is 53.8 Å². The number of carbonyl (C=O) groups is 1. The van der Waals surface area contributed by atoms with Crippen molar-refractivity contribution in [3.05, 3.63) is 34.5 Å². The van der Waals surface area contributed by atoms with Gasteiger partial charge in [-0.3, -0.25) is 10.1 Å². The Morgan fingerprint density at radius 2 is 2.00 bits per heavy atom. The third-order valence-corrected chi connectivity index (χ3v) is 7.12. The Morgan fingerprint density at radius 3 is 2.73 bits per heavy atom. The molecule has 0 bridgehead atoms. The molecule has 1 aliphatic heterocycles. The number of halogens is 1.